The molecule has 0 amide bonds. The fourth-order valence-electron chi connectivity index (χ4n) is 2.81. The Kier molecular flexibility index (Phi) is 5.08. The summed E-state index contributed by atoms with van der Waals surface area (Å²) in [5.41, 5.74) is 3.13. The maximum Gasteiger partial charge on any atom is 0.0233 e. The van der Waals surface area contributed by atoms with Crippen molar-refractivity contribution in [2.45, 2.75) is 45.6 Å². The highest BCUT2D eigenvalue weighted by Crippen LogP contribution is 2.24. The molecule has 0 saturated carbocycles. The molecule has 0 bridgehead atoms. The average Bonchev–Trinajstić information content (AvgIpc) is 2.77. The molecular weight excluding hydrogens is 298 g/mol. The first-order valence-corrected chi connectivity index (χ1v) is 8.49. The van der Waals surface area contributed by atoms with Crippen LogP contribution in [0.4, 0.5) is 0 Å². The summed E-state index contributed by atoms with van der Waals surface area (Å²) < 4.78 is 0. The van der Waals surface area contributed by atoms with Crippen molar-refractivity contribution in [3.63, 3.8) is 0 Å². The highest BCUT2D eigenvalue weighted by Gasteiger charge is 2.21. The molecule has 2 heteroatoms. The van der Waals surface area contributed by atoms with Crippen LogP contribution in [-0.4, -0.2) is 23.3 Å². The van der Waals surface area contributed by atoms with Crippen molar-refractivity contribution in [1.82, 2.24) is 4.90 Å². The molecule has 0 aromatic heterocycles. The van der Waals surface area contributed by atoms with Crippen LogP contribution in [0.2, 0.25) is 0 Å². The van der Waals surface area contributed by atoms with Gasteiger partial charge in [0.15, 0.2) is 0 Å². The predicted molar refractivity (Wildman–Crippen MR) is 86.9 cm³/mol. The number of benzene rings is 1. The van der Waals surface area contributed by atoms with Crippen LogP contribution in [-0.2, 0) is 12.0 Å². The lowest BCUT2D eigenvalue weighted by atomic mass is 9.87. The van der Waals surface area contributed by atoms with Crippen molar-refractivity contribution >= 4 is 15.9 Å². The zero-order valence-electron chi connectivity index (χ0n) is 12.5. The number of hydrogen-bond acceptors (Lipinski definition) is 1. The molecule has 1 fully saturated rings. The molecule has 2 rings (SSSR count). The normalized spacial score (nSPS) is 20.9. The van der Waals surface area contributed by atoms with Gasteiger partial charge in [0, 0.05) is 18.4 Å². The monoisotopic (exact) mass is 323 g/mol. The van der Waals surface area contributed by atoms with Crippen LogP contribution >= 0.6 is 15.9 Å². The summed E-state index contributed by atoms with van der Waals surface area (Å²) in [7, 11) is 0. The first-order chi connectivity index (χ1) is 8.99. The van der Waals surface area contributed by atoms with Crippen molar-refractivity contribution < 1.29 is 0 Å². The topological polar surface area (TPSA) is 3.24 Å². The van der Waals surface area contributed by atoms with Gasteiger partial charge in [-0.15, -0.1) is 0 Å². The van der Waals surface area contributed by atoms with Gasteiger partial charge in [-0.3, -0.25) is 4.90 Å². The van der Waals surface area contributed by atoms with Crippen LogP contribution < -0.4 is 0 Å². The Labute approximate surface area is 126 Å². The molecule has 1 aromatic carbocycles. The van der Waals surface area contributed by atoms with E-state index in [0.717, 1.165) is 17.8 Å². The molecule has 0 N–H and O–H groups in total. The molecule has 1 unspecified atom stereocenters. The largest absolute Gasteiger partial charge is 0.299 e. The average molecular weight is 324 g/mol. The zero-order valence-corrected chi connectivity index (χ0v) is 14.0. The third-order valence-corrected chi connectivity index (χ3v) is 4.57. The predicted octanol–water partition coefficient (Wildman–Crippen LogP) is 4.59. The minimum Gasteiger partial charge on any atom is -0.299 e. The van der Waals surface area contributed by atoms with Crippen LogP contribution in [0, 0.1) is 5.92 Å². The van der Waals surface area contributed by atoms with Gasteiger partial charge in [0.1, 0.15) is 0 Å². The molecule has 1 aliphatic heterocycles. The van der Waals surface area contributed by atoms with E-state index >= 15 is 0 Å². The molecule has 1 atom stereocenters. The summed E-state index contributed by atoms with van der Waals surface area (Å²) in [6, 6.07) is 9.19. The second kappa shape index (κ2) is 6.41. The van der Waals surface area contributed by atoms with Gasteiger partial charge >= 0.3 is 0 Å². The lowest BCUT2D eigenvalue weighted by molar-refractivity contribution is 0.315. The van der Waals surface area contributed by atoms with E-state index in [1.54, 1.807) is 0 Å². The molecule has 1 aliphatic rings. The molecule has 1 nitrogen and oxygen atoms in total. The van der Waals surface area contributed by atoms with Crippen molar-refractivity contribution in [1.29, 1.82) is 0 Å². The van der Waals surface area contributed by atoms with Crippen LogP contribution in [0.1, 0.15) is 44.7 Å². The number of rotatable bonds is 4. The fraction of sp³-hybridized carbons (Fsp3) is 0.647. The van der Waals surface area contributed by atoms with Gasteiger partial charge in [-0.2, -0.15) is 0 Å². The number of likely N-dealkylation sites (tertiary alicyclic amines) is 1. The second-order valence-electron chi connectivity index (χ2n) is 6.81. The summed E-state index contributed by atoms with van der Waals surface area (Å²) in [5, 5.41) is 1.14. The van der Waals surface area contributed by atoms with E-state index in [0.29, 0.717) is 0 Å². The summed E-state index contributed by atoms with van der Waals surface area (Å²) >= 11 is 3.55. The maximum absolute atomic E-state index is 3.55. The fourth-order valence-corrected chi connectivity index (χ4v) is 3.46. The molecular formula is C17H26BrN. The quantitative estimate of drug-likeness (QED) is 0.732. The molecule has 1 aromatic rings. The number of halogens is 1. The van der Waals surface area contributed by atoms with Gasteiger partial charge in [-0.05, 0) is 41.8 Å². The van der Waals surface area contributed by atoms with E-state index in [4.69, 9.17) is 0 Å². The third-order valence-electron chi connectivity index (χ3n) is 4.11. The Balaban J connectivity index is 1.90. The SMILES string of the molecule is CC(C)(C)c1ccc(CN2CCC(CCBr)C2)cc1. The van der Waals surface area contributed by atoms with Crippen LogP contribution in [0.5, 0.6) is 0 Å². The Bertz CT molecular complexity index is 391. The van der Waals surface area contributed by atoms with Gasteiger partial charge < -0.3 is 0 Å². The number of hydrogen-bond donors (Lipinski definition) is 0. The number of nitrogens with zero attached hydrogens (tertiary/aromatic N) is 1. The van der Waals surface area contributed by atoms with Crippen molar-refractivity contribution in [3.05, 3.63) is 35.4 Å². The van der Waals surface area contributed by atoms with Gasteiger partial charge in [-0.25, -0.2) is 0 Å². The molecule has 0 aliphatic carbocycles. The Morgan fingerprint density at radius 1 is 1.21 bits per heavy atom. The number of alkyl halides is 1. The van der Waals surface area contributed by atoms with Crippen molar-refractivity contribution in [2.24, 2.45) is 5.92 Å². The summed E-state index contributed by atoms with van der Waals surface area (Å²) in [5.74, 6) is 0.897. The standard InChI is InChI=1S/C17H26BrN/c1-17(2,3)16-6-4-14(5-7-16)12-19-11-9-15(13-19)8-10-18/h4-7,15H,8-13H2,1-3H3. The van der Waals surface area contributed by atoms with Crippen LogP contribution in [0.15, 0.2) is 24.3 Å². The first kappa shape index (κ1) is 15.1. The molecule has 1 heterocycles. The molecule has 0 radical (unpaired) electrons. The van der Waals surface area contributed by atoms with E-state index in [2.05, 4.69) is 65.9 Å². The summed E-state index contributed by atoms with van der Waals surface area (Å²) in [4.78, 5) is 2.60. The Morgan fingerprint density at radius 3 is 2.47 bits per heavy atom. The van der Waals surface area contributed by atoms with Crippen LogP contribution in [0.25, 0.3) is 0 Å². The first-order valence-electron chi connectivity index (χ1n) is 7.37. The lowest BCUT2D eigenvalue weighted by Crippen LogP contribution is -2.20. The van der Waals surface area contributed by atoms with Crippen molar-refractivity contribution in [2.75, 3.05) is 18.4 Å². The molecule has 0 spiro atoms. The van der Waals surface area contributed by atoms with E-state index in [-0.39, 0.29) is 5.41 Å². The molecule has 19 heavy (non-hydrogen) atoms. The van der Waals surface area contributed by atoms with E-state index in [9.17, 15) is 0 Å². The van der Waals surface area contributed by atoms with Gasteiger partial charge in [0.05, 0.1) is 0 Å². The van der Waals surface area contributed by atoms with E-state index in [1.807, 2.05) is 0 Å². The van der Waals surface area contributed by atoms with Crippen LogP contribution in [0.3, 0.4) is 0 Å². The van der Waals surface area contributed by atoms with Gasteiger partial charge in [0.25, 0.3) is 0 Å². The zero-order chi connectivity index (χ0) is 13.9. The third kappa shape index (κ3) is 4.32. The summed E-state index contributed by atoms with van der Waals surface area (Å²) in [6.07, 6.45) is 2.69. The van der Waals surface area contributed by atoms with E-state index in [1.165, 1.54) is 37.1 Å². The van der Waals surface area contributed by atoms with Gasteiger partial charge in [-0.1, -0.05) is 61.0 Å². The highest BCUT2D eigenvalue weighted by atomic mass is 79.9. The minimum absolute atomic E-state index is 0.257. The van der Waals surface area contributed by atoms with Crippen molar-refractivity contribution in [3.8, 4) is 0 Å². The Morgan fingerprint density at radius 2 is 1.89 bits per heavy atom. The molecule has 1 saturated heterocycles. The molecule has 106 valence electrons. The lowest BCUT2D eigenvalue weighted by Gasteiger charge is -2.20. The van der Waals surface area contributed by atoms with Gasteiger partial charge in [0.2, 0.25) is 0 Å². The maximum atomic E-state index is 3.55. The minimum atomic E-state index is 0.257. The highest BCUT2D eigenvalue weighted by molar-refractivity contribution is 9.09. The second-order valence-corrected chi connectivity index (χ2v) is 7.61. The smallest absolute Gasteiger partial charge is 0.0233 e. The Hall–Kier alpha value is -0.340. The van der Waals surface area contributed by atoms with E-state index < -0.39 is 0 Å². The summed E-state index contributed by atoms with van der Waals surface area (Å²) in [6.45, 7) is 10.5.